The summed E-state index contributed by atoms with van der Waals surface area (Å²) < 4.78 is 40.5. The Kier molecular flexibility index (Phi) is 6.38. The molecule has 0 radical (unpaired) electrons. The molecule has 2 amide bonds. The molecule has 1 aromatic heterocycles. The Morgan fingerprint density at radius 3 is 2.59 bits per heavy atom. The fourth-order valence-corrected chi connectivity index (χ4v) is 3.29. The fraction of sp³-hybridized carbons (Fsp3) is 0.200. The van der Waals surface area contributed by atoms with E-state index >= 15 is 0 Å². The van der Waals surface area contributed by atoms with Crippen LogP contribution in [0.3, 0.4) is 0 Å². The van der Waals surface area contributed by atoms with E-state index < -0.39 is 6.36 Å². The van der Waals surface area contributed by atoms with E-state index in [2.05, 4.69) is 15.0 Å². The van der Waals surface area contributed by atoms with Crippen molar-refractivity contribution in [2.45, 2.75) is 19.8 Å². The standard InChI is InChI=1S/C20H18F3N3O2S/c1-2-26(13-14-4-3-5-15(12-14)18-24-10-11-29-18)19(27)25-16-6-8-17(9-7-16)28-20(21,22)23/h3-12H,2,13H2,1H3,(H,25,27). The Labute approximate surface area is 169 Å². The zero-order valence-electron chi connectivity index (χ0n) is 15.4. The van der Waals surface area contributed by atoms with Crippen LogP contribution in [0.15, 0.2) is 60.1 Å². The molecule has 0 aliphatic heterocycles. The van der Waals surface area contributed by atoms with Crippen LogP contribution >= 0.6 is 11.3 Å². The van der Waals surface area contributed by atoms with E-state index in [1.54, 1.807) is 11.1 Å². The van der Waals surface area contributed by atoms with E-state index in [0.717, 1.165) is 28.3 Å². The average Bonchev–Trinajstić information content (AvgIpc) is 3.21. The molecular formula is C20H18F3N3O2S. The van der Waals surface area contributed by atoms with Crippen molar-refractivity contribution in [3.05, 3.63) is 65.7 Å². The number of thiazole rings is 1. The van der Waals surface area contributed by atoms with Crippen LogP contribution in [-0.4, -0.2) is 28.8 Å². The van der Waals surface area contributed by atoms with Gasteiger partial charge in [-0.1, -0.05) is 18.2 Å². The van der Waals surface area contributed by atoms with Gasteiger partial charge in [-0.15, -0.1) is 24.5 Å². The second kappa shape index (κ2) is 8.95. The highest BCUT2D eigenvalue weighted by Gasteiger charge is 2.31. The number of aromatic nitrogens is 1. The molecule has 1 heterocycles. The predicted octanol–water partition coefficient (Wildman–Crippen LogP) is 5.76. The summed E-state index contributed by atoms with van der Waals surface area (Å²) in [5.41, 5.74) is 2.30. The van der Waals surface area contributed by atoms with Crippen LogP contribution in [0.25, 0.3) is 10.6 Å². The number of halogens is 3. The Morgan fingerprint density at radius 2 is 1.97 bits per heavy atom. The van der Waals surface area contributed by atoms with Crippen molar-refractivity contribution >= 4 is 23.1 Å². The number of carbonyl (C=O) groups is 1. The van der Waals surface area contributed by atoms with Crippen molar-refractivity contribution in [3.8, 4) is 16.3 Å². The van der Waals surface area contributed by atoms with E-state index in [1.807, 2.05) is 36.6 Å². The Morgan fingerprint density at radius 1 is 1.21 bits per heavy atom. The summed E-state index contributed by atoms with van der Waals surface area (Å²) in [7, 11) is 0. The Bertz CT molecular complexity index is 944. The number of amides is 2. The molecule has 0 saturated heterocycles. The highest BCUT2D eigenvalue weighted by atomic mass is 32.1. The van der Waals surface area contributed by atoms with Gasteiger partial charge in [0.1, 0.15) is 10.8 Å². The van der Waals surface area contributed by atoms with Gasteiger partial charge < -0.3 is 15.0 Å². The molecule has 5 nitrogen and oxygen atoms in total. The number of urea groups is 1. The lowest BCUT2D eigenvalue weighted by Gasteiger charge is -2.22. The lowest BCUT2D eigenvalue weighted by Crippen LogP contribution is -2.34. The maximum Gasteiger partial charge on any atom is 0.573 e. The maximum absolute atomic E-state index is 12.6. The average molecular weight is 421 g/mol. The highest BCUT2D eigenvalue weighted by Crippen LogP contribution is 2.25. The number of rotatable bonds is 6. The van der Waals surface area contributed by atoms with Crippen molar-refractivity contribution in [2.75, 3.05) is 11.9 Å². The molecule has 1 N–H and O–H groups in total. The zero-order valence-corrected chi connectivity index (χ0v) is 16.3. The molecule has 0 unspecified atom stereocenters. The lowest BCUT2D eigenvalue weighted by atomic mass is 10.1. The first-order valence-electron chi connectivity index (χ1n) is 8.74. The van der Waals surface area contributed by atoms with Gasteiger partial charge in [0.05, 0.1) is 0 Å². The van der Waals surface area contributed by atoms with E-state index in [0.29, 0.717) is 18.8 Å². The van der Waals surface area contributed by atoms with Crippen LogP contribution in [0, 0.1) is 0 Å². The molecule has 0 saturated carbocycles. The van der Waals surface area contributed by atoms with Gasteiger partial charge in [0, 0.05) is 35.9 Å². The van der Waals surface area contributed by atoms with Gasteiger partial charge >= 0.3 is 12.4 Å². The smallest absolute Gasteiger partial charge is 0.406 e. The van der Waals surface area contributed by atoms with Gasteiger partial charge in [-0.2, -0.15) is 0 Å². The second-order valence-corrected chi connectivity index (χ2v) is 6.95. The summed E-state index contributed by atoms with van der Waals surface area (Å²) in [6.45, 7) is 2.70. The molecule has 0 aliphatic carbocycles. The van der Waals surface area contributed by atoms with E-state index in [1.165, 1.54) is 23.5 Å². The molecular weight excluding hydrogens is 403 g/mol. The minimum Gasteiger partial charge on any atom is -0.406 e. The van der Waals surface area contributed by atoms with Crippen molar-refractivity contribution in [2.24, 2.45) is 0 Å². The first-order valence-corrected chi connectivity index (χ1v) is 9.62. The molecule has 0 atom stereocenters. The van der Waals surface area contributed by atoms with Crippen LogP contribution in [0.4, 0.5) is 23.7 Å². The molecule has 3 rings (SSSR count). The van der Waals surface area contributed by atoms with E-state index in [-0.39, 0.29) is 11.8 Å². The van der Waals surface area contributed by atoms with Crippen LogP contribution < -0.4 is 10.1 Å². The number of nitrogens with zero attached hydrogens (tertiary/aromatic N) is 2. The predicted molar refractivity (Wildman–Crippen MR) is 106 cm³/mol. The van der Waals surface area contributed by atoms with Crippen LogP contribution in [-0.2, 0) is 6.54 Å². The van der Waals surface area contributed by atoms with Gasteiger partial charge in [0.25, 0.3) is 0 Å². The van der Waals surface area contributed by atoms with Crippen molar-refractivity contribution in [3.63, 3.8) is 0 Å². The lowest BCUT2D eigenvalue weighted by molar-refractivity contribution is -0.274. The van der Waals surface area contributed by atoms with Gasteiger partial charge in [-0.05, 0) is 42.8 Å². The maximum atomic E-state index is 12.6. The van der Waals surface area contributed by atoms with Gasteiger partial charge in [0.2, 0.25) is 0 Å². The summed E-state index contributed by atoms with van der Waals surface area (Å²) in [6, 6.07) is 12.4. The molecule has 0 fully saturated rings. The number of benzene rings is 2. The molecule has 0 bridgehead atoms. The van der Waals surface area contributed by atoms with Gasteiger partial charge in [-0.3, -0.25) is 0 Å². The van der Waals surface area contributed by atoms with Gasteiger partial charge in [0.15, 0.2) is 0 Å². The van der Waals surface area contributed by atoms with Crippen LogP contribution in [0.1, 0.15) is 12.5 Å². The normalized spacial score (nSPS) is 11.2. The highest BCUT2D eigenvalue weighted by molar-refractivity contribution is 7.13. The monoisotopic (exact) mass is 421 g/mol. The largest absolute Gasteiger partial charge is 0.573 e. The molecule has 29 heavy (non-hydrogen) atoms. The van der Waals surface area contributed by atoms with Crippen molar-refractivity contribution in [1.82, 2.24) is 9.88 Å². The number of ether oxygens (including phenoxy) is 1. The molecule has 0 aliphatic rings. The summed E-state index contributed by atoms with van der Waals surface area (Å²) >= 11 is 1.54. The number of hydrogen-bond acceptors (Lipinski definition) is 4. The topological polar surface area (TPSA) is 54.5 Å². The number of hydrogen-bond donors (Lipinski definition) is 1. The Balaban J connectivity index is 1.64. The Hall–Kier alpha value is -3.07. The zero-order chi connectivity index (χ0) is 20.9. The van der Waals surface area contributed by atoms with E-state index in [4.69, 9.17) is 0 Å². The van der Waals surface area contributed by atoms with Crippen LogP contribution in [0.2, 0.25) is 0 Å². The number of carbonyl (C=O) groups excluding carboxylic acids is 1. The van der Waals surface area contributed by atoms with Crippen molar-refractivity contribution < 1.29 is 22.7 Å². The quantitative estimate of drug-likeness (QED) is 0.550. The van der Waals surface area contributed by atoms with Crippen LogP contribution in [0.5, 0.6) is 5.75 Å². The second-order valence-electron chi connectivity index (χ2n) is 6.05. The molecule has 9 heteroatoms. The summed E-state index contributed by atoms with van der Waals surface area (Å²) in [5, 5.41) is 5.49. The molecule has 152 valence electrons. The summed E-state index contributed by atoms with van der Waals surface area (Å²) in [6.07, 6.45) is -3.01. The van der Waals surface area contributed by atoms with Crippen molar-refractivity contribution in [1.29, 1.82) is 0 Å². The fourth-order valence-electron chi connectivity index (χ4n) is 2.66. The summed E-state index contributed by atoms with van der Waals surface area (Å²) in [4.78, 5) is 18.5. The molecule has 2 aromatic carbocycles. The first-order chi connectivity index (χ1) is 13.8. The summed E-state index contributed by atoms with van der Waals surface area (Å²) in [5.74, 6) is -0.346. The molecule has 0 spiro atoms. The van der Waals surface area contributed by atoms with E-state index in [9.17, 15) is 18.0 Å². The molecule has 3 aromatic rings. The number of anilines is 1. The third-order valence-corrected chi connectivity index (χ3v) is 4.81. The van der Waals surface area contributed by atoms with Gasteiger partial charge in [-0.25, -0.2) is 9.78 Å². The number of alkyl halides is 3. The minimum atomic E-state index is -4.75. The first kappa shape index (κ1) is 20.7. The minimum absolute atomic E-state index is 0.346. The number of nitrogens with one attached hydrogen (secondary N) is 1. The third kappa shape index (κ3) is 5.95. The SMILES string of the molecule is CCN(Cc1cccc(-c2nccs2)c1)C(=O)Nc1ccc(OC(F)(F)F)cc1. The third-order valence-electron chi connectivity index (χ3n) is 3.99.